The van der Waals surface area contributed by atoms with Crippen LogP contribution in [0, 0.1) is 11.3 Å². The zero-order chi connectivity index (χ0) is 15.3. The van der Waals surface area contributed by atoms with Crippen molar-refractivity contribution in [1.82, 2.24) is 0 Å². The van der Waals surface area contributed by atoms with Gasteiger partial charge in [-0.05, 0) is 24.3 Å². The number of aliphatic hydroxyl groups is 1. The van der Waals surface area contributed by atoms with Crippen LogP contribution in [0.1, 0.15) is 0 Å². The minimum atomic E-state index is -4.06. The van der Waals surface area contributed by atoms with Crippen LogP contribution < -0.4 is 5.32 Å². The zero-order valence-corrected chi connectivity index (χ0v) is 11.7. The van der Waals surface area contributed by atoms with Gasteiger partial charge >= 0.3 is 0 Å². The van der Waals surface area contributed by atoms with Gasteiger partial charge in [-0.1, -0.05) is 36.4 Å². The molecule has 0 fully saturated rings. The first-order valence-corrected chi connectivity index (χ1v) is 7.49. The maximum absolute atomic E-state index is 12.3. The topological polar surface area (TPSA) is 90.2 Å². The lowest BCUT2D eigenvalue weighted by atomic mass is 10.3. The second-order valence-electron chi connectivity index (χ2n) is 4.10. The number of hydrogen-bond donors (Lipinski definition) is 2. The lowest BCUT2D eigenvalue weighted by Gasteiger charge is -2.08. The monoisotopic (exact) mass is 300 g/mol. The Morgan fingerprint density at radius 3 is 2.05 bits per heavy atom. The maximum Gasteiger partial charge on any atom is 0.221 e. The molecule has 6 heteroatoms. The highest BCUT2D eigenvalue weighted by Crippen LogP contribution is 2.21. The Morgan fingerprint density at radius 1 is 1.00 bits per heavy atom. The SMILES string of the molecule is N#C/C(=C(\O)Nc1ccccc1)S(=O)(=O)c1ccccc1. The summed E-state index contributed by atoms with van der Waals surface area (Å²) in [7, 11) is -4.06. The quantitative estimate of drug-likeness (QED) is 0.669. The second kappa shape index (κ2) is 6.11. The summed E-state index contributed by atoms with van der Waals surface area (Å²) in [6, 6.07) is 17.5. The molecule has 2 aromatic rings. The summed E-state index contributed by atoms with van der Waals surface area (Å²) in [4.78, 5) is -0.777. The Morgan fingerprint density at radius 2 is 1.52 bits per heavy atom. The molecule has 0 bridgehead atoms. The van der Waals surface area contributed by atoms with Gasteiger partial charge in [0.2, 0.25) is 20.6 Å². The predicted octanol–water partition coefficient (Wildman–Crippen LogP) is 2.82. The van der Waals surface area contributed by atoms with E-state index in [9.17, 15) is 13.5 Å². The van der Waals surface area contributed by atoms with Crippen molar-refractivity contribution in [3.05, 3.63) is 71.5 Å². The van der Waals surface area contributed by atoms with Crippen molar-refractivity contribution in [3.63, 3.8) is 0 Å². The normalized spacial score (nSPS) is 12.1. The minimum absolute atomic E-state index is 0.0528. The zero-order valence-electron chi connectivity index (χ0n) is 10.9. The molecule has 0 saturated heterocycles. The van der Waals surface area contributed by atoms with Gasteiger partial charge in [-0.2, -0.15) is 5.26 Å². The number of rotatable bonds is 4. The smallest absolute Gasteiger partial charge is 0.221 e. The van der Waals surface area contributed by atoms with Gasteiger partial charge in [0, 0.05) is 5.69 Å². The fraction of sp³-hybridized carbons (Fsp3) is 0. The van der Waals surface area contributed by atoms with Crippen molar-refractivity contribution in [1.29, 1.82) is 5.26 Å². The van der Waals surface area contributed by atoms with Crippen molar-refractivity contribution in [2.75, 3.05) is 5.32 Å². The van der Waals surface area contributed by atoms with Crippen molar-refractivity contribution in [2.24, 2.45) is 0 Å². The second-order valence-corrected chi connectivity index (χ2v) is 5.98. The molecule has 0 spiro atoms. The largest absolute Gasteiger partial charge is 0.493 e. The number of allylic oxidation sites excluding steroid dienone is 1. The molecule has 0 aromatic heterocycles. The van der Waals surface area contributed by atoms with E-state index in [2.05, 4.69) is 5.32 Å². The average Bonchev–Trinajstić information content (AvgIpc) is 2.49. The van der Waals surface area contributed by atoms with Crippen LogP contribution in [0.15, 0.2) is 76.3 Å². The van der Waals surface area contributed by atoms with Crippen molar-refractivity contribution in [3.8, 4) is 6.07 Å². The van der Waals surface area contributed by atoms with E-state index in [1.807, 2.05) is 0 Å². The highest BCUT2D eigenvalue weighted by atomic mass is 32.2. The number of para-hydroxylation sites is 1. The van der Waals surface area contributed by atoms with Crippen molar-refractivity contribution < 1.29 is 13.5 Å². The lowest BCUT2D eigenvalue weighted by molar-refractivity contribution is 0.417. The summed E-state index contributed by atoms with van der Waals surface area (Å²) < 4.78 is 24.6. The molecule has 0 atom stereocenters. The van der Waals surface area contributed by atoms with E-state index >= 15 is 0 Å². The van der Waals surface area contributed by atoms with Crippen LogP contribution in [0.5, 0.6) is 0 Å². The molecule has 2 aromatic carbocycles. The van der Waals surface area contributed by atoms with E-state index in [0.29, 0.717) is 5.69 Å². The minimum Gasteiger partial charge on any atom is -0.493 e. The van der Waals surface area contributed by atoms with Gasteiger partial charge in [-0.15, -0.1) is 0 Å². The summed E-state index contributed by atoms with van der Waals surface area (Å²) >= 11 is 0. The molecule has 2 N–H and O–H groups in total. The summed E-state index contributed by atoms with van der Waals surface area (Å²) in [5.74, 6) is -0.701. The van der Waals surface area contributed by atoms with Gasteiger partial charge in [0.15, 0.2) is 0 Å². The number of benzene rings is 2. The highest BCUT2D eigenvalue weighted by Gasteiger charge is 2.25. The number of anilines is 1. The fourth-order valence-electron chi connectivity index (χ4n) is 1.67. The van der Waals surface area contributed by atoms with Crippen LogP contribution in [0.3, 0.4) is 0 Å². The van der Waals surface area contributed by atoms with E-state index in [4.69, 9.17) is 5.26 Å². The van der Waals surface area contributed by atoms with Gasteiger partial charge in [0.05, 0.1) is 4.90 Å². The molecule has 0 aliphatic heterocycles. The van der Waals surface area contributed by atoms with E-state index in [-0.39, 0.29) is 4.90 Å². The van der Waals surface area contributed by atoms with Crippen LogP contribution in [0.4, 0.5) is 5.69 Å². The van der Waals surface area contributed by atoms with E-state index in [1.54, 1.807) is 48.5 Å². The van der Waals surface area contributed by atoms with E-state index in [1.165, 1.54) is 18.2 Å². The van der Waals surface area contributed by atoms with Gasteiger partial charge < -0.3 is 10.4 Å². The number of hydrogen-bond acceptors (Lipinski definition) is 5. The van der Waals surface area contributed by atoms with Crippen LogP contribution in [-0.4, -0.2) is 13.5 Å². The molecule has 21 heavy (non-hydrogen) atoms. The van der Waals surface area contributed by atoms with Crippen LogP contribution in [0.25, 0.3) is 0 Å². The van der Waals surface area contributed by atoms with E-state index < -0.39 is 20.6 Å². The third kappa shape index (κ3) is 3.22. The molecule has 106 valence electrons. The Hall–Kier alpha value is -2.78. The molecule has 0 radical (unpaired) electrons. The number of nitriles is 1. The first-order chi connectivity index (χ1) is 10.1. The molecular weight excluding hydrogens is 288 g/mol. The van der Waals surface area contributed by atoms with Crippen molar-refractivity contribution in [2.45, 2.75) is 4.90 Å². The lowest BCUT2D eigenvalue weighted by Crippen LogP contribution is -2.11. The molecule has 0 aliphatic rings. The van der Waals surface area contributed by atoms with Gasteiger partial charge in [0.25, 0.3) is 0 Å². The van der Waals surface area contributed by atoms with Crippen LogP contribution in [-0.2, 0) is 9.84 Å². The standard InChI is InChI=1S/C15H12N2O3S/c16-11-14(15(18)17-12-7-3-1-4-8-12)21(19,20)13-9-5-2-6-10-13/h1-10,17-18H/b15-14+. The number of sulfone groups is 1. The van der Waals surface area contributed by atoms with Gasteiger partial charge in [-0.3, -0.25) is 0 Å². The molecule has 0 heterocycles. The Bertz CT molecular complexity index is 792. The Kier molecular flexibility index (Phi) is 4.26. The number of nitrogens with one attached hydrogen (secondary N) is 1. The molecule has 0 amide bonds. The van der Waals surface area contributed by atoms with Crippen LogP contribution in [0.2, 0.25) is 0 Å². The van der Waals surface area contributed by atoms with Gasteiger partial charge in [0.1, 0.15) is 6.07 Å². The molecule has 0 aliphatic carbocycles. The Labute approximate surface area is 122 Å². The third-order valence-electron chi connectivity index (χ3n) is 2.68. The predicted molar refractivity (Wildman–Crippen MR) is 79.0 cm³/mol. The summed E-state index contributed by atoms with van der Waals surface area (Å²) in [5, 5.41) is 21.5. The number of nitrogens with zero attached hydrogens (tertiary/aromatic N) is 1. The Balaban J connectivity index is 2.44. The van der Waals surface area contributed by atoms with Crippen molar-refractivity contribution >= 4 is 15.5 Å². The fourth-order valence-corrected chi connectivity index (χ4v) is 2.85. The maximum atomic E-state index is 12.3. The molecule has 0 unspecified atom stereocenters. The summed E-state index contributed by atoms with van der Waals surface area (Å²) in [6.07, 6.45) is 0. The molecule has 0 saturated carbocycles. The molecule has 5 nitrogen and oxygen atoms in total. The first kappa shape index (κ1) is 14.6. The van der Waals surface area contributed by atoms with Gasteiger partial charge in [-0.25, -0.2) is 8.42 Å². The third-order valence-corrected chi connectivity index (χ3v) is 4.39. The molecule has 2 rings (SSSR count). The highest BCUT2D eigenvalue weighted by molar-refractivity contribution is 7.95. The summed E-state index contributed by atoms with van der Waals surface area (Å²) in [5.41, 5.74) is 0.478. The first-order valence-electron chi connectivity index (χ1n) is 6.01. The molecular formula is C15H12N2O3S. The average molecular weight is 300 g/mol. The van der Waals surface area contributed by atoms with Crippen LogP contribution >= 0.6 is 0 Å². The van der Waals surface area contributed by atoms with E-state index in [0.717, 1.165) is 0 Å². The number of aliphatic hydroxyl groups excluding tert-OH is 1. The summed E-state index contributed by atoms with van der Waals surface area (Å²) in [6.45, 7) is 0.